The van der Waals surface area contributed by atoms with Gasteiger partial charge in [0.15, 0.2) is 0 Å². The molecule has 0 spiro atoms. The maximum Gasteiger partial charge on any atom is 0.315 e. The summed E-state index contributed by atoms with van der Waals surface area (Å²) >= 11 is 0. The second-order valence-corrected chi connectivity index (χ2v) is 4.35. The lowest BCUT2D eigenvalue weighted by Crippen LogP contribution is -2.02. The summed E-state index contributed by atoms with van der Waals surface area (Å²) in [6, 6.07) is 5.13. The highest BCUT2D eigenvalue weighted by Gasteiger charge is 2.20. The Morgan fingerprint density at radius 3 is 2.65 bits per heavy atom. The van der Waals surface area contributed by atoms with E-state index in [-0.39, 0.29) is 5.69 Å². The molecular formula is C13H17N5O2. The molecule has 106 valence electrons. The average Bonchev–Trinajstić information content (AvgIpc) is 2.78. The largest absolute Gasteiger partial charge is 0.382 e. The number of hydrogen-bond acceptors (Lipinski definition) is 5. The first-order chi connectivity index (χ1) is 9.56. The molecule has 2 N–H and O–H groups in total. The van der Waals surface area contributed by atoms with Crippen LogP contribution in [-0.2, 0) is 13.5 Å². The summed E-state index contributed by atoms with van der Waals surface area (Å²) in [5, 5.41) is 21.5. The van der Waals surface area contributed by atoms with Crippen molar-refractivity contribution in [2.75, 3.05) is 17.7 Å². The first-order valence-electron chi connectivity index (χ1n) is 6.31. The molecule has 2 rings (SSSR count). The lowest BCUT2D eigenvalue weighted by atomic mass is 10.2. The number of nitrogens with zero attached hydrogens (tertiary/aromatic N) is 3. The van der Waals surface area contributed by atoms with Crippen LogP contribution in [0.15, 0.2) is 24.4 Å². The van der Waals surface area contributed by atoms with E-state index >= 15 is 0 Å². The van der Waals surface area contributed by atoms with E-state index in [4.69, 9.17) is 0 Å². The lowest BCUT2D eigenvalue weighted by molar-refractivity contribution is -0.383. The van der Waals surface area contributed by atoms with Crippen LogP contribution < -0.4 is 10.6 Å². The van der Waals surface area contributed by atoms with E-state index < -0.39 is 4.92 Å². The normalized spacial score (nSPS) is 10.3. The molecule has 0 unspecified atom stereocenters. The minimum Gasteiger partial charge on any atom is -0.382 e. The molecule has 7 heteroatoms. The Morgan fingerprint density at radius 1 is 1.35 bits per heavy atom. The molecule has 0 aliphatic heterocycles. The molecule has 0 bridgehead atoms. The first kappa shape index (κ1) is 13.9. The molecule has 0 saturated heterocycles. The molecule has 7 nitrogen and oxygen atoms in total. The van der Waals surface area contributed by atoms with Crippen LogP contribution in [0.2, 0.25) is 0 Å². The molecule has 1 aromatic heterocycles. The van der Waals surface area contributed by atoms with Gasteiger partial charge < -0.3 is 10.6 Å². The van der Waals surface area contributed by atoms with Crippen molar-refractivity contribution in [3.8, 4) is 0 Å². The minimum atomic E-state index is -0.393. The molecular weight excluding hydrogens is 258 g/mol. The maximum absolute atomic E-state index is 11.3. The molecule has 0 fully saturated rings. The second-order valence-electron chi connectivity index (χ2n) is 4.35. The van der Waals surface area contributed by atoms with Gasteiger partial charge in [0.25, 0.3) is 0 Å². The zero-order chi connectivity index (χ0) is 14.7. The van der Waals surface area contributed by atoms with Crippen LogP contribution in [0.4, 0.5) is 22.7 Å². The Bertz CT molecular complexity index is 636. The van der Waals surface area contributed by atoms with Crippen molar-refractivity contribution in [1.29, 1.82) is 0 Å². The summed E-state index contributed by atoms with van der Waals surface area (Å²) in [4.78, 5) is 10.9. The zero-order valence-electron chi connectivity index (χ0n) is 11.7. The Kier molecular flexibility index (Phi) is 3.88. The van der Waals surface area contributed by atoms with Crippen LogP contribution in [0.3, 0.4) is 0 Å². The third-order valence-corrected chi connectivity index (χ3v) is 3.00. The summed E-state index contributed by atoms with van der Waals surface area (Å²) in [6.07, 6.45) is 2.57. The van der Waals surface area contributed by atoms with Gasteiger partial charge in [-0.25, -0.2) is 0 Å². The monoisotopic (exact) mass is 275 g/mol. The van der Waals surface area contributed by atoms with E-state index in [0.717, 1.165) is 17.8 Å². The number of anilines is 3. The summed E-state index contributed by atoms with van der Waals surface area (Å²) in [5.41, 5.74) is 2.61. The van der Waals surface area contributed by atoms with Crippen LogP contribution >= 0.6 is 0 Å². The highest BCUT2D eigenvalue weighted by atomic mass is 16.6. The van der Waals surface area contributed by atoms with E-state index in [1.54, 1.807) is 29.9 Å². The van der Waals surface area contributed by atoms with E-state index in [0.29, 0.717) is 11.4 Å². The Balaban J connectivity index is 2.45. The SMILES string of the molecule is CCc1nn(C)cc1Nc1cccc(NC)c1[N+](=O)[O-]. The predicted octanol–water partition coefficient (Wildman–Crippen LogP) is 2.68. The van der Waals surface area contributed by atoms with Crippen molar-refractivity contribution < 1.29 is 4.92 Å². The van der Waals surface area contributed by atoms with Gasteiger partial charge in [0, 0.05) is 20.3 Å². The van der Waals surface area contributed by atoms with Crippen LogP contribution in [-0.4, -0.2) is 21.8 Å². The van der Waals surface area contributed by atoms with Gasteiger partial charge in [-0.05, 0) is 18.6 Å². The topological polar surface area (TPSA) is 85.0 Å². The van der Waals surface area contributed by atoms with Crippen molar-refractivity contribution >= 4 is 22.7 Å². The number of nitro groups is 1. The van der Waals surface area contributed by atoms with Crippen molar-refractivity contribution in [2.24, 2.45) is 7.05 Å². The Morgan fingerprint density at radius 2 is 2.05 bits per heavy atom. The Labute approximate surface area is 116 Å². The predicted molar refractivity (Wildman–Crippen MR) is 78.5 cm³/mol. The molecule has 0 aliphatic rings. The van der Waals surface area contributed by atoms with Crippen molar-refractivity contribution in [3.05, 3.63) is 40.2 Å². The lowest BCUT2D eigenvalue weighted by Gasteiger charge is -2.09. The van der Waals surface area contributed by atoms with Crippen molar-refractivity contribution in [3.63, 3.8) is 0 Å². The van der Waals surface area contributed by atoms with Gasteiger partial charge in [-0.1, -0.05) is 13.0 Å². The summed E-state index contributed by atoms with van der Waals surface area (Å²) in [5.74, 6) is 0. The number of hydrogen-bond donors (Lipinski definition) is 2. The summed E-state index contributed by atoms with van der Waals surface area (Å²) < 4.78 is 1.69. The second kappa shape index (κ2) is 5.60. The van der Waals surface area contributed by atoms with Gasteiger partial charge in [0.05, 0.1) is 16.3 Å². The molecule has 0 amide bonds. The third kappa shape index (κ3) is 2.56. The molecule has 0 saturated carbocycles. The summed E-state index contributed by atoms with van der Waals surface area (Å²) in [6.45, 7) is 1.99. The molecule has 2 aromatic rings. The molecule has 1 aromatic carbocycles. The Hall–Kier alpha value is -2.57. The highest BCUT2D eigenvalue weighted by Crippen LogP contribution is 2.35. The number of nitrogens with one attached hydrogen (secondary N) is 2. The van der Waals surface area contributed by atoms with Crippen molar-refractivity contribution in [1.82, 2.24) is 9.78 Å². The van der Waals surface area contributed by atoms with Crippen LogP contribution in [0.25, 0.3) is 0 Å². The average molecular weight is 275 g/mol. The number of rotatable bonds is 5. The number of aromatic nitrogens is 2. The van der Waals surface area contributed by atoms with Gasteiger partial charge in [0.1, 0.15) is 11.4 Å². The first-order valence-corrected chi connectivity index (χ1v) is 6.31. The van der Waals surface area contributed by atoms with Crippen molar-refractivity contribution in [2.45, 2.75) is 13.3 Å². The fourth-order valence-electron chi connectivity index (χ4n) is 2.09. The number of nitro benzene ring substituents is 1. The highest BCUT2D eigenvalue weighted by molar-refractivity contribution is 5.79. The van der Waals surface area contributed by atoms with E-state index in [1.807, 2.05) is 20.2 Å². The standard InChI is InChI=1S/C13H17N5O2/c1-4-9-12(8-17(3)16-9)15-11-7-5-6-10(14-2)13(11)18(19)20/h5-8,14-15H,4H2,1-3H3. The van der Waals surface area contributed by atoms with Crippen LogP contribution in [0.5, 0.6) is 0 Å². The van der Waals surface area contributed by atoms with Gasteiger partial charge in [-0.15, -0.1) is 0 Å². The van der Waals surface area contributed by atoms with Gasteiger partial charge in [-0.3, -0.25) is 14.8 Å². The van der Waals surface area contributed by atoms with E-state index in [1.165, 1.54) is 0 Å². The minimum absolute atomic E-state index is 0.0286. The fourth-order valence-corrected chi connectivity index (χ4v) is 2.09. The number of benzene rings is 1. The van der Waals surface area contributed by atoms with Crippen LogP contribution in [0, 0.1) is 10.1 Å². The smallest absolute Gasteiger partial charge is 0.315 e. The van der Waals surface area contributed by atoms with E-state index in [2.05, 4.69) is 15.7 Å². The van der Waals surface area contributed by atoms with Gasteiger partial charge in [-0.2, -0.15) is 5.10 Å². The number of aryl methyl sites for hydroxylation is 2. The fraction of sp³-hybridized carbons (Fsp3) is 0.308. The molecule has 0 aliphatic carbocycles. The van der Waals surface area contributed by atoms with Gasteiger partial charge in [0.2, 0.25) is 0 Å². The van der Waals surface area contributed by atoms with Crippen LogP contribution in [0.1, 0.15) is 12.6 Å². The quantitative estimate of drug-likeness (QED) is 0.647. The molecule has 0 radical (unpaired) electrons. The maximum atomic E-state index is 11.3. The number of para-hydroxylation sites is 1. The molecule has 20 heavy (non-hydrogen) atoms. The van der Waals surface area contributed by atoms with Gasteiger partial charge >= 0.3 is 5.69 Å². The molecule has 0 atom stereocenters. The zero-order valence-corrected chi connectivity index (χ0v) is 11.7. The van der Waals surface area contributed by atoms with E-state index in [9.17, 15) is 10.1 Å². The molecule has 1 heterocycles. The summed E-state index contributed by atoms with van der Waals surface area (Å²) in [7, 11) is 3.48. The third-order valence-electron chi connectivity index (χ3n) is 3.00.